The van der Waals surface area contributed by atoms with Crippen molar-refractivity contribution in [2.75, 3.05) is 23.8 Å². The summed E-state index contributed by atoms with van der Waals surface area (Å²) in [7, 11) is 1.50. The van der Waals surface area contributed by atoms with E-state index >= 15 is 0 Å². The van der Waals surface area contributed by atoms with Crippen LogP contribution in [0.5, 0.6) is 0 Å². The number of rotatable bonds is 2. The molecule has 7 heteroatoms. The van der Waals surface area contributed by atoms with Crippen LogP contribution in [0.15, 0.2) is 30.3 Å². The molecule has 0 radical (unpaired) electrons. The van der Waals surface area contributed by atoms with Gasteiger partial charge in [0.1, 0.15) is 5.82 Å². The van der Waals surface area contributed by atoms with Crippen molar-refractivity contribution in [3.63, 3.8) is 0 Å². The zero-order valence-electron chi connectivity index (χ0n) is 11.3. The average Bonchev–Trinajstić information content (AvgIpc) is 2.89. The maximum Gasteiger partial charge on any atom is 0.433 e. The molecule has 1 N–H and O–H groups in total. The number of anilines is 3. The molecule has 1 aliphatic rings. The molecule has 2 heterocycles. The van der Waals surface area contributed by atoms with Crippen molar-refractivity contribution in [2.24, 2.45) is 0 Å². The standard InChI is InChI=1S/C14H13F3N4/c1-18-13-19-11(14(15,16)17)8-12(20-13)21-7-6-9-4-2-3-5-10(9)21/h2-5,8H,6-7H2,1H3,(H,18,19,20). The molecule has 110 valence electrons. The third-order valence-electron chi connectivity index (χ3n) is 3.39. The first kappa shape index (κ1) is 13.7. The third-order valence-corrected chi connectivity index (χ3v) is 3.39. The predicted octanol–water partition coefficient (Wildman–Crippen LogP) is 3.23. The summed E-state index contributed by atoms with van der Waals surface area (Å²) in [5.41, 5.74) is 1.06. The number of hydrogen-bond acceptors (Lipinski definition) is 4. The van der Waals surface area contributed by atoms with Crippen molar-refractivity contribution >= 4 is 17.5 Å². The zero-order valence-corrected chi connectivity index (χ0v) is 11.3. The lowest BCUT2D eigenvalue weighted by molar-refractivity contribution is -0.141. The first-order valence-corrected chi connectivity index (χ1v) is 6.48. The van der Waals surface area contributed by atoms with Crippen molar-refractivity contribution in [2.45, 2.75) is 12.6 Å². The quantitative estimate of drug-likeness (QED) is 0.923. The SMILES string of the molecule is CNc1nc(N2CCc3ccccc32)cc(C(F)(F)F)n1. The number of nitrogens with one attached hydrogen (secondary N) is 1. The number of halogens is 3. The van der Waals surface area contributed by atoms with Crippen LogP contribution in [0, 0.1) is 0 Å². The van der Waals surface area contributed by atoms with Crippen LogP contribution in [0.4, 0.5) is 30.6 Å². The number of benzene rings is 1. The van der Waals surface area contributed by atoms with E-state index in [-0.39, 0.29) is 11.8 Å². The first-order chi connectivity index (χ1) is 9.99. The summed E-state index contributed by atoms with van der Waals surface area (Å²) in [6.45, 7) is 0.608. The molecule has 0 aliphatic carbocycles. The van der Waals surface area contributed by atoms with E-state index in [2.05, 4.69) is 15.3 Å². The summed E-state index contributed by atoms with van der Waals surface area (Å²) in [5.74, 6) is 0.218. The smallest absolute Gasteiger partial charge is 0.357 e. The molecule has 0 spiro atoms. The summed E-state index contributed by atoms with van der Waals surface area (Å²) >= 11 is 0. The van der Waals surface area contributed by atoms with Gasteiger partial charge >= 0.3 is 6.18 Å². The van der Waals surface area contributed by atoms with Gasteiger partial charge < -0.3 is 10.2 Å². The van der Waals surface area contributed by atoms with E-state index in [1.54, 1.807) is 4.90 Å². The van der Waals surface area contributed by atoms with E-state index in [1.165, 1.54) is 7.05 Å². The van der Waals surface area contributed by atoms with Crippen molar-refractivity contribution in [3.05, 3.63) is 41.6 Å². The molecule has 0 unspecified atom stereocenters. The Balaban J connectivity index is 2.07. The van der Waals surface area contributed by atoms with Gasteiger partial charge in [0, 0.05) is 25.3 Å². The molecular weight excluding hydrogens is 281 g/mol. The highest BCUT2D eigenvalue weighted by molar-refractivity contribution is 5.68. The number of hydrogen-bond donors (Lipinski definition) is 1. The maximum atomic E-state index is 12.9. The van der Waals surface area contributed by atoms with E-state index < -0.39 is 11.9 Å². The normalized spacial score (nSPS) is 14.2. The van der Waals surface area contributed by atoms with E-state index in [0.29, 0.717) is 6.54 Å². The Hall–Kier alpha value is -2.31. The Morgan fingerprint density at radius 3 is 2.67 bits per heavy atom. The van der Waals surface area contributed by atoms with Crippen LogP contribution < -0.4 is 10.2 Å². The number of para-hydroxylation sites is 1. The summed E-state index contributed by atoms with van der Waals surface area (Å²) in [4.78, 5) is 9.41. The van der Waals surface area contributed by atoms with Crippen molar-refractivity contribution in [3.8, 4) is 0 Å². The van der Waals surface area contributed by atoms with Crippen LogP contribution in [-0.2, 0) is 12.6 Å². The van der Waals surface area contributed by atoms with Gasteiger partial charge in [0.2, 0.25) is 5.95 Å². The van der Waals surface area contributed by atoms with E-state index in [4.69, 9.17) is 0 Å². The molecule has 0 saturated heterocycles. The maximum absolute atomic E-state index is 12.9. The van der Waals surface area contributed by atoms with E-state index in [9.17, 15) is 13.2 Å². The van der Waals surface area contributed by atoms with E-state index in [0.717, 1.165) is 23.7 Å². The largest absolute Gasteiger partial charge is 0.433 e. The second-order valence-corrected chi connectivity index (χ2v) is 4.71. The van der Waals surface area contributed by atoms with Gasteiger partial charge in [-0.05, 0) is 18.1 Å². The van der Waals surface area contributed by atoms with Crippen LogP contribution in [0.2, 0.25) is 0 Å². The number of aromatic nitrogens is 2. The van der Waals surface area contributed by atoms with Gasteiger partial charge in [0.25, 0.3) is 0 Å². The Morgan fingerprint density at radius 2 is 1.95 bits per heavy atom. The number of fused-ring (bicyclic) bond motifs is 1. The van der Waals surface area contributed by atoms with Gasteiger partial charge in [0.15, 0.2) is 5.69 Å². The highest BCUT2D eigenvalue weighted by Gasteiger charge is 2.34. The highest BCUT2D eigenvalue weighted by atomic mass is 19.4. The minimum Gasteiger partial charge on any atom is -0.357 e. The van der Waals surface area contributed by atoms with Gasteiger partial charge in [-0.2, -0.15) is 18.2 Å². The van der Waals surface area contributed by atoms with Gasteiger partial charge in [-0.15, -0.1) is 0 Å². The second kappa shape index (κ2) is 4.91. The summed E-state index contributed by atoms with van der Waals surface area (Å²) in [6, 6.07) is 8.63. The van der Waals surface area contributed by atoms with Crippen molar-refractivity contribution in [1.29, 1.82) is 0 Å². The lowest BCUT2D eigenvalue weighted by atomic mass is 10.2. The molecule has 3 rings (SSSR count). The third kappa shape index (κ3) is 2.51. The van der Waals surface area contributed by atoms with Gasteiger partial charge in [-0.25, -0.2) is 4.98 Å². The molecule has 1 aromatic heterocycles. The van der Waals surface area contributed by atoms with Gasteiger partial charge in [-0.1, -0.05) is 18.2 Å². The number of nitrogens with zero attached hydrogens (tertiary/aromatic N) is 3. The molecule has 0 fully saturated rings. The zero-order chi connectivity index (χ0) is 15.0. The van der Waals surface area contributed by atoms with E-state index in [1.807, 2.05) is 24.3 Å². The monoisotopic (exact) mass is 294 g/mol. The minimum atomic E-state index is -4.50. The Morgan fingerprint density at radius 1 is 1.19 bits per heavy atom. The minimum absolute atomic E-state index is 0.0378. The average molecular weight is 294 g/mol. The highest BCUT2D eigenvalue weighted by Crippen LogP contribution is 2.36. The molecule has 1 aromatic carbocycles. The van der Waals surface area contributed by atoms with Crippen molar-refractivity contribution in [1.82, 2.24) is 9.97 Å². The van der Waals surface area contributed by atoms with Crippen LogP contribution in [0.25, 0.3) is 0 Å². The molecule has 21 heavy (non-hydrogen) atoms. The molecule has 0 amide bonds. The Kier molecular flexibility index (Phi) is 3.19. The molecule has 1 aliphatic heterocycles. The van der Waals surface area contributed by atoms with Gasteiger partial charge in [0.05, 0.1) is 0 Å². The molecule has 0 saturated carbocycles. The fourth-order valence-electron chi connectivity index (χ4n) is 2.41. The van der Waals surface area contributed by atoms with Crippen LogP contribution >= 0.6 is 0 Å². The van der Waals surface area contributed by atoms with Gasteiger partial charge in [-0.3, -0.25) is 0 Å². The molecule has 2 aromatic rings. The van der Waals surface area contributed by atoms with Crippen molar-refractivity contribution < 1.29 is 13.2 Å². The molecule has 0 atom stereocenters. The first-order valence-electron chi connectivity index (χ1n) is 6.48. The van der Waals surface area contributed by atoms with Crippen LogP contribution in [-0.4, -0.2) is 23.6 Å². The summed E-state index contributed by atoms with van der Waals surface area (Å²) in [5, 5.41) is 2.58. The van der Waals surface area contributed by atoms with Crippen LogP contribution in [0.1, 0.15) is 11.3 Å². The van der Waals surface area contributed by atoms with Crippen LogP contribution in [0.3, 0.4) is 0 Å². The lowest BCUT2D eigenvalue weighted by Crippen LogP contribution is -2.18. The molecular formula is C14H13F3N4. The number of alkyl halides is 3. The lowest BCUT2D eigenvalue weighted by Gasteiger charge is -2.20. The second-order valence-electron chi connectivity index (χ2n) is 4.71. The fourth-order valence-corrected chi connectivity index (χ4v) is 2.41. The Labute approximate surface area is 119 Å². The summed E-state index contributed by atoms with van der Waals surface area (Å²) in [6.07, 6.45) is -3.71. The predicted molar refractivity (Wildman–Crippen MR) is 73.7 cm³/mol. The summed E-state index contributed by atoms with van der Waals surface area (Å²) < 4.78 is 38.8. The molecule has 4 nitrogen and oxygen atoms in total. The topological polar surface area (TPSA) is 41.1 Å². The fraction of sp³-hybridized carbons (Fsp3) is 0.286. The molecule has 0 bridgehead atoms. The Bertz CT molecular complexity index is 670.